The van der Waals surface area contributed by atoms with Gasteiger partial charge in [-0.15, -0.1) is 0 Å². The molecule has 1 amide bonds. The summed E-state index contributed by atoms with van der Waals surface area (Å²) in [6.45, 7) is 3.94. The van der Waals surface area contributed by atoms with E-state index in [1.807, 2.05) is 0 Å². The van der Waals surface area contributed by atoms with Crippen molar-refractivity contribution in [3.8, 4) is 0 Å². The molecular weight excluding hydrogens is 256 g/mol. The average Bonchev–Trinajstić information content (AvgIpc) is 2.84. The lowest BCUT2D eigenvalue weighted by atomic mass is 9.89. The smallest absolute Gasteiger partial charge is 0.220 e. The number of aliphatic hydroxyl groups is 1. The molecule has 1 saturated heterocycles. The third-order valence-corrected chi connectivity index (χ3v) is 4.34. The highest BCUT2D eigenvalue weighted by atomic mass is 16.5. The van der Waals surface area contributed by atoms with Crippen LogP contribution in [0.1, 0.15) is 45.4 Å². The molecule has 5 nitrogen and oxygen atoms in total. The van der Waals surface area contributed by atoms with E-state index in [1.54, 1.807) is 0 Å². The van der Waals surface area contributed by atoms with E-state index in [-0.39, 0.29) is 11.9 Å². The minimum atomic E-state index is -0.466. The van der Waals surface area contributed by atoms with Crippen molar-refractivity contribution in [2.24, 2.45) is 5.92 Å². The van der Waals surface area contributed by atoms with E-state index in [0.29, 0.717) is 25.7 Å². The van der Waals surface area contributed by atoms with E-state index in [2.05, 4.69) is 17.6 Å². The molecular formula is C15H28N2O3. The zero-order valence-corrected chi connectivity index (χ0v) is 12.4. The summed E-state index contributed by atoms with van der Waals surface area (Å²) in [7, 11) is 0. The molecule has 116 valence electrons. The zero-order chi connectivity index (χ0) is 14.4. The van der Waals surface area contributed by atoms with Crippen molar-refractivity contribution in [2.75, 3.05) is 19.7 Å². The molecule has 1 aliphatic carbocycles. The molecule has 0 radical (unpaired) electrons. The predicted octanol–water partition coefficient (Wildman–Crippen LogP) is 0.811. The SMILES string of the molecule is CC1CCC(OCC(O)CNCC2CCC(=O)N2)CC1. The minimum absolute atomic E-state index is 0.132. The molecule has 1 aliphatic heterocycles. The van der Waals surface area contributed by atoms with Gasteiger partial charge in [0.05, 0.1) is 18.8 Å². The first-order valence-corrected chi connectivity index (χ1v) is 7.93. The second kappa shape index (κ2) is 7.96. The quantitative estimate of drug-likeness (QED) is 0.647. The van der Waals surface area contributed by atoms with Crippen molar-refractivity contribution in [1.29, 1.82) is 0 Å². The van der Waals surface area contributed by atoms with Crippen LogP contribution in [0.2, 0.25) is 0 Å². The molecule has 0 aromatic heterocycles. The van der Waals surface area contributed by atoms with Gasteiger partial charge in [-0.05, 0) is 38.0 Å². The molecule has 2 aliphatic rings. The second-order valence-electron chi connectivity index (χ2n) is 6.33. The Labute approximate surface area is 121 Å². The van der Waals surface area contributed by atoms with Crippen LogP contribution in [0.15, 0.2) is 0 Å². The summed E-state index contributed by atoms with van der Waals surface area (Å²) >= 11 is 0. The van der Waals surface area contributed by atoms with Crippen LogP contribution in [0.4, 0.5) is 0 Å². The number of ether oxygens (including phenoxy) is 1. The largest absolute Gasteiger partial charge is 0.389 e. The first-order valence-electron chi connectivity index (χ1n) is 7.93. The van der Waals surface area contributed by atoms with Crippen LogP contribution in [0, 0.1) is 5.92 Å². The second-order valence-corrected chi connectivity index (χ2v) is 6.33. The third-order valence-electron chi connectivity index (χ3n) is 4.34. The number of hydrogen-bond donors (Lipinski definition) is 3. The van der Waals surface area contributed by atoms with Crippen molar-refractivity contribution >= 4 is 5.91 Å². The highest BCUT2D eigenvalue weighted by Crippen LogP contribution is 2.25. The molecule has 0 spiro atoms. The molecule has 2 rings (SSSR count). The molecule has 1 heterocycles. The van der Waals surface area contributed by atoms with Crippen molar-refractivity contribution in [2.45, 2.75) is 63.7 Å². The van der Waals surface area contributed by atoms with Gasteiger partial charge in [-0.2, -0.15) is 0 Å². The first kappa shape index (κ1) is 15.7. The van der Waals surface area contributed by atoms with E-state index in [4.69, 9.17) is 4.74 Å². The lowest BCUT2D eigenvalue weighted by Crippen LogP contribution is -2.40. The van der Waals surface area contributed by atoms with Gasteiger partial charge in [-0.1, -0.05) is 6.92 Å². The third kappa shape index (κ3) is 5.38. The molecule has 2 atom stereocenters. The van der Waals surface area contributed by atoms with Gasteiger partial charge >= 0.3 is 0 Å². The number of rotatable bonds is 7. The van der Waals surface area contributed by atoms with Crippen molar-refractivity contribution < 1.29 is 14.6 Å². The molecule has 0 bridgehead atoms. The maximum atomic E-state index is 11.0. The Morgan fingerprint density at radius 2 is 2.10 bits per heavy atom. The fraction of sp³-hybridized carbons (Fsp3) is 0.933. The number of carbonyl (C=O) groups is 1. The molecule has 0 aromatic carbocycles. The first-order chi connectivity index (χ1) is 9.63. The van der Waals surface area contributed by atoms with Gasteiger partial charge < -0.3 is 20.5 Å². The van der Waals surface area contributed by atoms with E-state index >= 15 is 0 Å². The van der Waals surface area contributed by atoms with Gasteiger partial charge in [-0.25, -0.2) is 0 Å². The van der Waals surface area contributed by atoms with Gasteiger partial charge in [0.1, 0.15) is 0 Å². The summed E-state index contributed by atoms with van der Waals surface area (Å²) in [5, 5.41) is 16.0. The van der Waals surface area contributed by atoms with Crippen molar-refractivity contribution in [3.63, 3.8) is 0 Å². The molecule has 20 heavy (non-hydrogen) atoms. The summed E-state index contributed by atoms with van der Waals surface area (Å²) in [6.07, 6.45) is 6.09. The Morgan fingerprint density at radius 3 is 2.75 bits per heavy atom. The fourth-order valence-electron chi connectivity index (χ4n) is 2.96. The van der Waals surface area contributed by atoms with Crippen LogP contribution in [0.25, 0.3) is 0 Å². The molecule has 2 unspecified atom stereocenters. The van der Waals surface area contributed by atoms with Crippen LogP contribution in [-0.4, -0.2) is 49.0 Å². The predicted molar refractivity (Wildman–Crippen MR) is 77.4 cm³/mol. The van der Waals surface area contributed by atoms with E-state index in [1.165, 1.54) is 12.8 Å². The number of hydrogen-bond acceptors (Lipinski definition) is 4. The Hall–Kier alpha value is -0.650. The Morgan fingerprint density at radius 1 is 1.35 bits per heavy atom. The lowest BCUT2D eigenvalue weighted by Gasteiger charge is -2.27. The van der Waals surface area contributed by atoms with Crippen LogP contribution < -0.4 is 10.6 Å². The minimum Gasteiger partial charge on any atom is -0.389 e. The highest BCUT2D eigenvalue weighted by Gasteiger charge is 2.21. The normalized spacial score (nSPS) is 32.1. The number of aliphatic hydroxyl groups excluding tert-OH is 1. The molecule has 1 saturated carbocycles. The van der Waals surface area contributed by atoms with Gasteiger partial charge in [0.25, 0.3) is 0 Å². The van der Waals surface area contributed by atoms with Crippen LogP contribution in [-0.2, 0) is 9.53 Å². The van der Waals surface area contributed by atoms with Gasteiger partial charge in [-0.3, -0.25) is 4.79 Å². The summed E-state index contributed by atoms with van der Waals surface area (Å²) in [5.74, 6) is 0.954. The average molecular weight is 284 g/mol. The number of amides is 1. The molecule has 3 N–H and O–H groups in total. The number of carbonyl (C=O) groups excluding carboxylic acids is 1. The van der Waals surface area contributed by atoms with Crippen molar-refractivity contribution in [3.05, 3.63) is 0 Å². The highest BCUT2D eigenvalue weighted by molar-refractivity contribution is 5.78. The Bertz CT molecular complexity index is 303. The number of nitrogens with one attached hydrogen (secondary N) is 2. The van der Waals surface area contributed by atoms with Crippen LogP contribution >= 0.6 is 0 Å². The van der Waals surface area contributed by atoms with E-state index < -0.39 is 6.10 Å². The summed E-state index contributed by atoms with van der Waals surface area (Å²) in [4.78, 5) is 11.0. The van der Waals surface area contributed by atoms with Crippen LogP contribution in [0.5, 0.6) is 0 Å². The molecule has 5 heteroatoms. The maximum Gasteiger partial charge on any atom is 0.220 e. The van der Waals surface area contributed by atoms with E-state index in [9.17, 15) is 9.90 Å². The molecule has 0 aromatic rings. The van der Waals surface area contributed by atoms with E-state index in [0.717, 1.165) is 31.7 Å². The van der Waals surface area contributed by atoms with Gasteiger partial charge in [0, 0.05) is 25.6 Å². The summed E-state index contributed by atoms with van der Waals surface area (Å²) in [6, 6.07) is 0.218. The summed E-state index contributed by atoms with van der Waals surface area (Å²) in [5.41, 5.74) is 0. The van der Waals surface area contributed by atoms with Gasteiger partial charge in [0.2, 0.25) is 5.91 Å². The topological polar surface area (TPSA) is 70.6 Å². The molecule has 2 fully saturated rings. The lowest BCUT2D eigenvalue weighted by molar-refractivity contribution is -0.119. The van der Waals surface area contributed by atoms with Gasteiger partial charge in [0.15, 0.2) is 0 Å². The van der Waals surface area contributed by atoms with Crippen molar-refractivity contribution in [1.82, 2.24) is 10.6 Å². The van der Waals surface area contributed by atoms with Crippen LogP contribution in [0.3, 0.4) is 0 Å². The summed E-state index contributed by atoms with van der Waals surface area (Å²) < 4.78 is 5.77. The Kier molecular flexibility index (Phi) is 6.26. The Balaban J connectivity index is 1.50. The zero-order valence-electron chi connectivity index (χ0n) is 12.4. The monoisotopic (exact) mass is 284 g/mol. The fourth-order valence-corrected chi connectivity index (χ4v) is 2.96. The maximum absolute atomic E-state index is 11.0. The standard InChI is InChI=1S/C15H28N2O3/c1-11-2-5-14(6-3-11)20-10-13(18)9-16-8-12-4-7-15(19)17-12/h11-14,16,18H,2-10H2,1H3,(H,17,19).